The third-order valence-corrected chi connectivity index (χ3v) is 4.70. The molecule has 2 aliphatic rings. The van der Waals surface area contributed by atoms with Crippen LogP contribution in [0.5, 0.6) is 0 Å². The summed E-state index contributed by atoms with van der Waals surface area (Å²) in [5.74, 6) is -0.773. The van der Waals surface area contributed by atoms with Crippen LogP contribution in [-0.4, -0.2) is 53.6 Å². The van der Waals surface area contributed by atoms with E-state index in [1.807, 2.05) is 24.3 Å². The zero-order valence-corrected chi connectivity index (χ0v) is 14.4. The molecule has 4 rings (SSSR count). The Bertz CT molecular complexity index is 866. The summed E-state index contributed by atoms with van der Waals surface area (Å²) in [7, 11) is 0. The highest BCUT2D eigenvalue weighted by Gasteiger charge is 2.40. The van der Waals surface area contributed by atoms with Crippen molar-refractivity contribution in [1.29, 1.82) is 0 Å². The first-order chi connectivity index (χ1) is 12.9. The van der Waals surface area contributed by atoms with Gasteiger partial charge in [0.2, 0.25) is 5.95 Å². The number of aromatic nitrogens is 2. The molecule has 3 heterocycles. The average Bonchev–Trinajstić information content (AvgIpc) is 3.11. The molecule has 0 spiro atoms. The predicted octanol–water partition coefficient (Wildman–Crippen LogP) is 2.66. The van der Waals surface area contributed by atoms with Crippen molar-refractivity contribution in [1.82, 2.24) is 14.9 Å². The summed E-state index contributed by atoms with van der Waals surface area (Å²) in [5, 5.41) is 0. The van der Waals surface area contributed by atoms with Gasteiger partial charge in [-0.05, 0) is 18.1 Å². The van der Waals surface area contributed by atoms with E-state index in [4.69, 9.17) is 4.74 Å². The maximum Gasteiger partial charge on any atom is 0.434 e. The topological polar surface area (TPSA) is 58.6 Å². The minimum absolute atomic E-state index is 0.0502. The van der Waals surface area contributed by atoms with Gasteiger partial charge in [0.1, 0.15) is 0 Å². The lowest BCUT2D eigenvalue weighted by Gasteiger charge is -2.27. The van der Waals surface area contributed by atoms with Crippen molar-refractivity contribution in [3.05, 3.63) is 47.3 Å². The van der Waals surface area contributed by atoms with Gasteiger partial charge in [0.25, 0.3) is 5.91 Å². The number of hydrogen-bond donors (Lipinski definition) is 0. The highest BCUT2D eigenvalue weighted by molar-refractivity contribution is 5.95. The van der Waals surface area contributed by atoms with Crippen LogP contribution in [0.4, 0.5) is 24.8 Å². The normalized spacial score (nSPS) is 17.1. The molecular weight excluding hydrogens is 361 g/mol. The molecule has 6 nitrogen and oxygen atoms in total. The largest absolute Gasteiger partial charge is 0.434 e. The SMILES string of the molecule is O=C(c1cnc(N2CCc3ccccc32)nc1C(F)(F)F)N1CCOCC1. The third kappa shape index (κ3) is 3.34. The van der Waals surface area contributed by atoms with Crippen molar-refractivity contribution < 1.29 is 22.7 Å². The van der Waals surface area contributed by atoms with Crippen molar-refractivity contribution in [2.75, 3.05) is 37.7 Å². The molecule has 2 aromatic rings. The van der Waals surface area contributed by atoms with Gasteiger partial charge in [-0.2, -0.15) is 13.2 Å². The van der Waals surface area contributed by atoms with E-state index in [9.17, 15) is 18.0 Å². The van der Waals surface area contributed by atoms with E-state index in [2.05, 4.69) is 9.97 Å². The van der Waals surface area contributed by atoms with Crippen molar-refractivity contribution in [3.63, 3.8) is 0 Å². The molecule has 0 unspecified atom stereocenters. The Morgan fingerprint density at radius 1 is 1.11 bits per heavy atom. The Balaban J connectivity index is 1.71. The van der Waals surface area contributed by atoms with Crippen LogP contribution >= 0.6 is 0 Å². The van der Waals surface area contributed by atoms with Gasteiger partial charge in [0.05, 0.1) is 18.8 Å². The van der Waals surface area contributed by atoms with E-state index >= 15 is 0 Å². The van der Waals surface area contributed by atoms with Crippen LogP contribution in [0, 0.1) is 0 Å². The van der Waals surface area contributed by atoms with E-state index in [0.717, 1.165) is 17.4 Å². The zero-order valence-electron chi connectivity index (χ0n) is 14.4. The summed E-state index contributed by atoms with van der Waals surface area (Å²) in [6.45, 7) is 1.59. The molecule has 0 saturated carbocycles. The quantitative estimate of drug-likeness (QED) is 0.804. The number of nitrogens with zero attached hydrogens (tertiary/aromatic N) is 4. The van der Waals surface area contributed by atoms with Crippen molar-refractivity contribution >= 4 is 17.5 Å². The molecular formula is C18H17F3N4O2. The van der Waals surface area contributed by atoms with Crippen LogP contribution in [0.1, 0.15) is 21.6 Å². The van der Waals surface area contributed by atoms with Crippen LogP contribution in [0.2, 0.25) is 0 Å². The van der Waals surface area contributed by atoms with Crippen molar-refractivity contribution in [2.45, 2.75) is 12.6 Å². The lowest BCUT2D eigenvalue weighted by Crippen LogP contribution is -2.41. The Hall–Kier alpha value is -2.68. The van der Waals surface area contributed by atoms with E-state index in [0.29, 0.717) is 26.2 Å². The molecule has 27 heavy (non-hydrogen) atoms. The summed E-state index contributed by atoms with van der Waals surface area (Å²) in [4.78, 5) is 23.4. The average molecular weight is 378 g/mol. The summed E-state index contributed by atoms with van der Waals surface area (Å²) >= 11 is 0. The summed E-state index contributed by atoms with van der Waals surface area (Å²) < 4.78 is 46.1. The summed E-state index contributed by atoms with van der Waals surface area (Å²) in [6.07, 6.45) is -3.06. The monoisotopic (exact) mass is 378 g/mol. The summed E-state index contributed by atoms with van der Waals surface area (Å²) in [6, 6.07) is 7.45. The van der Waals surface area contributed by atoms with Gasteiger partial charge >= 0.3 is 6.18 Å². The molecule has 1 aromatic carbocycles. The highest BCUT2D eigenvalue weighted by atomic mass is 19.4. The number of para-hydroxylation sites is 1. The standard InChI is InChI=1S/C18H17F3N4O2/c19-18(20,21)15-13(16(26)24-7-9-27-10-8-24)11-22-17(23-15)25-6-5-12-3-1-2-4-14(12)25/h1-4,11H,5-10H2. The molecule has 9 heteroatoms. The molecule has 2 aliphatic heterocycles. The molecule has 0 radical (unpaired) electrons. The Morgan fingerprint density at radius 3 is 2.59 bits per heavy atom. The van der Waals surface area contributed by atoms with Crippen molar-refractivity contribution in [3.8, 4) is 0 Å². The lowest BCUT2D eigenvalue weighted by molar-refractivity contribution is -0.141. The fourth-order valence-electron chi connectivity index (χ4n) is 3.36. The second-order valence-corrected chi connectivity index (χ2v) is 6.36. The smallest absolute Gasteiger partial charge is 0.378 e. The molecule has 0 aliphatic carbocycles. The maximum atomic E-state index is 13.6. The zero-order chi connectivity index (χ0) is 19.0. The fraction of sp³-hybridized carbons (Fsp3) is 0.389. The lowest BCUT2D eigenvalue weighted by atomic mass is 10.2. The molecule has 1 fully saturated rings. The van der Waals surface area contributed by atoms with Crippen molar-refractivity contribution in [2.24, 2.45) is 0 Å². The molecule has 1 amide bonds. The van der Waals surface area contributed by atoms with Crippen LogP contribution in [0.3, 0.4) is 0 Å². The molecule has 0 atom stereocenters. The molecule has 142 valence electrons. The summed E-state index contributed by atoms with van der Waals surface area (Å²) in [5.41, 5.74) is 0.0926. The number of morpholine rings is 1. The van der Waals surface area contributed by atoms with Gasteiger partial charge in [0, 0.05) is 31.5 Å². The predicted molar refractivity (Wildman–Crippen MR) is 90.9 cm³/mol. The van der Waals surface area contributed by atoms with Gasteiger partial charge in [-0.25, -0.2) is 9.97 Å². The number of halogens is 3. The van der Waals surface area contributed by atoms with Gasteiger partial charge < -0.3 is 14.5 Å². The Morgan fingerprint density at radius 2 is 1.85 bits per heavy atom. The van der Waals surface area contributed by atoms with E-state index < -0.39 is 23.3 Å². The molecule has 1 aromatic heterocycles. The van der Waals surface area contributed by atoms with Gasteiger partial charge in [-0.1, -0.05) is 18.2 Å². The number of ether oxygens (including phenoxy) is 1. The number of amides is 1. The number of benzene rings is 1. The van der Waals surface area contributed by atoms with Crippen LogP contribution in [0.15, 0.2) is 30.5 Å². The highest BCUT2D eigenvalue weighted by Crippen LogP contribution is 2.36. The van der Waals surface area contributed by atoms with E-state index in [-0.39, 0.29) is 19.0 Å². The first-order valence-electron chi connectivity index (χ1n) is 8.62. The number of carbonyl (C=O) groups excluding carboxylic acids is 1. The minimum Gasteiger partial charge on any atom is -0.378 e. The van der Waals surface area contributed by atoms with Gasteiger partial charge in [-0.3, -0.25) is 4.79 Å². The van der Waals surface area contributed by atoms with E-state index in [1.54, 1.807) is 4.90 Å². The van der Waals surface area contributed by atoms with Crippen LogP contribution < -0.4 is 4.90 Å². The number of rotatable bonds is 2. The minimum atomic E-state index is -4.76. The second kappa shape index (κ2) is 6.80. The fourth-order valence-corrected chi connectivity index (χ4v) is 3.36. The Labute approximate surface area is 153 Å². The van der Waals surface area contributed by atoms with Crippen LogP contribution in [0.25, 0.3) is 0 Å². The first-order valence-corrected chi connectivity index (χ1v) is 8.62. The van der Waals surface area contributed by atoms with E-state index in [1.165, 1.54) is 4.90 Å². The number of fused-ring (bicyclic) bond motifs is 1. The van der Waals surface area contributed by atoms with Crippen LogP contribution in [-0.2, 0) is 17.3 Å². The third-order valence-electron chi connectivity index (χ3n) is 4.70. The number of hydrogen-bond acceptors (Lipinski definition) is 5. The number of anilines is 2. The number of carbonyl (C=O) groups is 1. The number of alkyl halides is 3. The maximum absolute atomic E-state index is 13.6. The molecule has 0 N–H and O–H groups in total. The first kappa shape index (κ1) is 17.7. The van der Waals surface area contributed by atoms with Gasteiger partial charge in [0.15, 0.2) is 5.69 Å². The molecule has 1 saturated heterocycles. The second-order valence-electron chi connectivity index (χ2n) is 6.36. The van der Waals surface area contributed by atoms with Gasteiger partial charge in [-0.15, -0.1) is 0 Å². The molecule has 0 bridgehead atoms. The Kier molecular flexibility index (Phi) is 4.47.